The van der Waals surface area contributed by atoms with Crippen LogP contribution in [0.5, 0.6) is 5.75 Å². The van der Waals surface area contributed by atoms with Crippen LogP contribution in [0.25, 0.3) is 0 Å². The van der Waals surface area contributed by atoms with Gasteiger partial charge in [-0.05, 0) is 57.1 Å². The molecule has 0 fully saturated rings. The average Bonchev–Trinajstić information content (AvgIpc) is 2.84. The molecule has 1 atom stereocenters. The van der Waals surface area contributed by atoms with Gasteiger partial charge in [0.15, 0.2) is 6.61 Å². The van der Waals surface area contributed by atoms with Crippen molar-refractivity contribution in [1.29, 1.82) is 0 Å². The Balaban J connectivity index is 1.87. The molecule has 0 aliphatic rings. The van der Waals surface area contributed by atoms with Crippen molar-refractivity contribution in [3.8, 4) is 5.75 Å². The van der Waals surface area contributed by atoms with Crippen LogP contribution in [0, 0.1) is 6.92 Å². The SMILES string of the molecule is CNC(=O)[C@H](Cc1ccccc1)N(Cc1cccc(C)c1)C(=O)COc1ccc(C(C)(C)C)cc1Br. The van der Waals surface area contributed by atoms with Crippen molar-refractivity contribution < 1.29 is 14.3 Å². The Morgan fingerprint density at radius 3 is 2.28 bits per heavy atom. The summed E-state index contributed by atoms with van der Waals surface area (Å²) in [4.78, 5) is 28.2. The molecule has 0 aromatic heterocycles. The molecular weight excluding hydrogens is 516 g/mol. The third kappa shape index (κ3) is 7.44. The summed E-state index contributed by atoms with van der Waals surface area (Å²) in [6.07, 6.45) is 0.405. The maximum absolute atomic E-state index is 13.6. The molecular formula is C30H35BrN2O3. The number of aryl methyl sites for hydroxylation is 1. The Kier molecular flexibility index (Phi) is 9.32. The van der Waals surface area contributed by atoms with E-state index in [2.05, 4.69) is 42.0 Å². The predicted octanol–water partition coefficient (Wildman–Crippen LogP) is 5.82. The molecule has 0 heterocycles. The van der Waals surface area contributed by atoms with E-state index >= 15 is 0 Å². The Morgan fingerprint density at radius 2 is 1.67 bits per heavy atom. The number of ether oxygens (including phenoxy) is 1. The molecule has 3 rings (SSSR count). The van der Waals surface area contributed by atoms with E-state index in [0.717, 1.165) is 26.7 Å². The fourth-order valence-corrected chi connectivity index (χ4v) is 4.53. The highest BCUT2D eigenvalue weighted by Crippen LogP contribution is 2.31. The first-order valence-corrected chi connectivity index (χ1v) is 12.9. The van der Waals surface area contributed by atoms with E-state index < -0.39 is 6.04 Å². The largest absolute Gasteiger partial charge is 0.483 e. The Hall–Kier alpha value is -3.12. The maximum Gasteiger partial charge on any atom is 0.261 e. The smallest absolute Gasteiger partial charge is 0.261 e. The second-order valence-corrected chi connectivity index (χ2v) is 10.9. The number of benzene rings is 3. The molecule has 0 saturated carbocycles. The third-order valence-corrected chi connectivity index (χ3v) is 6.72. The normalized spacial score (nSPS) is 12.1. The van der Waals surface area contributed by atoms with Gasteiger partial charge in [-0.2, -0.15) is 0 Å². The molecule has 0 bridgehead atoms. The van der Waals surface area contributed by atoms with Gasteiger partial charge in [0.05, 0.1) is 4.47 Å². The molecule has 3 aromatic rings. The van der Waals surface area contributed by atoms with Crippen molar-refractivity contribution in [1.82, 2.24) is 10.2 Å². The van der Waals surface area contributed by atoms with E-state index in [0.29, 0.717) is 18.7 Å². The number of nitrogens with zero attached hydrogens (tertiary/aromatic N) is 1. The van der Waals surface area contributed by atoms with Crippen LogP contribution < -0.4 is 10.1 Å². The number of likely N-dealkylation sites (N-methyl/N-ethyl adjacent to an activating group) is 1. The van der Waals surface area contributed by atoms with Gasteiger partial charge in [0.1, 0.15) is 11.8 Å². The lowest BCUT2D eigenvalue weighted by Gasteiger charge is -2.31. The Labute approximate surface area is 223 Å². The van der Waals surface area contributed by atoms with Crippen molar-refractivity contribution in [2.24, 2.45) is 0 Å². The third-order valence-electron chi connectivity index (χ3n) is 6.10. The number of rotatable bonds is 9. The summed E-state index contributed by atoms with van der Waals surface area (Å²) in [5, 5.41) is 2.74. The minimum absolute atomic E-state index is 0.000340. The first-order valence-electron chi connectivity index (χ1n) is 12.1. The van der Waals surface area contributed by atoms with Gasteiger partial charge in [-0.1, -0.05) is 87.0 Å². The summed E-state index contributed by atoms with van der Waals surface area (Å²) < 4.78 is 6.74. The highest BCUT2D eigenvalue weighted by Gasteiger charge is 2.30. The quantitative estimate of drug-likeness (QED) is 0.365. The highest BCUT2D eigenvalue weighted by atomic mass is 79.9. The molecule has 3 aromatic carbocycles. The lowest BCUT2D eigenvalue weighted by Crippen LogP contribution is -2.51. The van der Waals surface area contributed by atoms with Crippen LogP contribution >= 0.6 is 15.9 Å². The monoisotopic (exact) mass is 550 g/mol. The van der Waals surface area contributed by atoms with Crippen LogP contribution in [0.1, 0.15) is 43.0 Å². The Morgan fingerprint density at radius 1 is 0.972 bits per heavy atom. The van der Waals surface area contributed by atoms with Crippen LogP contribution in [0.2, 0.25) is 0 Å². The van der Waals surface area contributed by atoms with Gasteiger partial charge in [0.25, 0.3) is 5.91 Å². The number of hydrogen-bond acceptors (Lipinski definition) is 3. The van der Waals surface area contributed by atoms with Gasteiger partial charge in [-0.25, -0.2) is 0 Å². The van der Waals surface area contributed by atoms with Crippen LogP contribution in [0.3, 0.4) is 0 Å². The number of nitrogens with one attached hydrogen (secondary N) is 1. The van der Waals surface area contributed by atoms with Crippen molar-refractivity contribution in [2.75, 3.05) is 13.7 Å². The zero-order chi connectivity index (χ0) is 26.3. The number of carbonyl (C=O) groups excluding carboxylic acids is 2. The second-order valence-electron chi connectivity index (χ2n) is 10.0. The Bertz CT molecular complexity index is 1190. The van der Waals surface area contributed by atoms with Gasteiger partial charge in [-0.3, -0.25) is 9.59 Å². The lowest BCUT2D eigenvalue weighted by atomic mass is 9.87. The highest BCUT2D eigenvalue weighted by molar-refractivity contribution is 9.10. The van der Waals surface area contributed by atoms with Gasteiger partial charge in [0.2, 0.25) is 5.91 Å². The van der Waals surface area contributed by atoms with Crippen LogP contribution in [0.4, 0.5) is 0 Å². The topological polar surface area (TPSA) is 58.6 Å². The van der Waals surface area contributed by atoms with E-state index in [1.165, 1.54) is 0 Å². The molecule has 0 radical (unpaired) electrons. The van der Waals surface area contributed by atoms with Crippen molar-refractivity contribution in [3.05, 3.63) is 99.5 Å². The van der Waals surface area contributed by atoms with E-state index in [-0.39, 0.29) is 23.8 Å². The molecule has 36 heavy (non-hydrogen) atoms. The van der Waals surface area contributed by atoms with Gasteiger partial charge in [0, 0.05) is 20.0 Å². The summed E-state index contributed by atoms with van der Waals surface area (Å²) in [6.45, 7) is 8.58. The fraction of sp³-hybridized carbons (Fsp3) is 0.333. The molecule has 6 heteroatoms. The minimum atomic E-state index is -0.680. The van der Waals surface area contributed by atoms with Crippen molar-refractivity contribution >= 4 is 27.7 Å². The van der Waals surface area contributed by atoms with E-state index in [4.69, 9.17) is 4.74 Å². The molecule has 5 nitrogen and oxygen atoms in total. The van der Waals surface area contributed by atoms with E-state index in [9.17, 15) is 9.59 Å². The number of halogens is 1. The van der Waals surface area contributed by atoms with E-state index in [1.54, 1.807) is 11.9 Å². The number of carbonyl (C=O) groups is 2. The van der Waals surface area contributed by atoms with Gasteiger partial charge >= 0.3 is 0 Å². The standard InChI is InChI=1S/C30H35BrN2O3/c1-21-10-9-13-23(16-21)19-33(26(29(35)32-5)17-22-11-7-6-8-12-22)28(34)20-36-27-15-14-24(18-25(27)31)30(2,3)4/h6-16,18,26H,17,19-20H2,1-5H3,(H,32,35)/t26-/m0/s1. The zero-order valence-electron chi connectivity index (χ0n) is 21.7. The van der Waals surface area contributed by atoms with Crippen molar-refractivity contribution in [3.63, 3.8) is 0 Å². The van der Waals surface area contributed by atoms with Crippen molar-refractivity contribution in [2.45, 2.75) is 52.1 Å². The van der Waals surface area contributed by atoms with Gasteiger partial charge in [-0.15, -0.1) is 0 Å². The zero-order valence-corrected chi connectivity index (χ0v) is 23.3. The molecule has 0 unspecified atom stereocenters. The predicted molar refractivity (Wildman–Crippen MR) is 148 cm³/mol. The minimum Gasteiger partial charge on any atom is -0.483 e. The summed E-state index contributed by atoms with van der Waals surface area (Å²) in [5.41, 5.74) is 4.20. The number of hydrogen-bond donors (Lipinski definition) is 1. The molecule has 190 valence electrons. The van der Waals surface area contributed by atoms with Crippen LogP contribution in [-0.2, 0) is 28.0 Å². The summed E-state index contributed by atoms with van der Waals surface area (Å²) in [6, 6.07) is 23.0. The number of amides is 2. The molecule has 0 spiro atoms. The van der Waals surface area contributed by atoms with Gasteiger partial charge < -0.3 is 15.0 Å². The van der Waals surface area contributed by atoms with Crippen LogP contribution in [-0.4, -0.2) is 36.4 Å². The van der Waals surface area contributed by atoms with Crippen LogP contribution in [0.15, 0.2) is 77.3 Å². The fourth-order valence-electron chi connectivity index (χ4n) is 4.03. The summed E-state index contributed by atoms with van der Waals surface area (Å²) in [7, 11) is 1.60. The first-order chi connectivity index (χ1) is 17.1. The average molecular weight is 552 g/mol. The maximum atomic E-state index is 13.6. The first kappa shape index (κ1) is 27.5. The summed E-state index contributed by atoms with van der Waals surface area (Å²) in [5.74, 6) is 0.120. The van der Waals surface area contributed by atoms with E-state index in [1.807, 2.05) is 79.7 Å². The summed E-state index contributed by atoms with van der Waals surface area (Å²) >= 11 is 3.58. The molecule has 0 aliphatic carbocycles. The molecule has 1 N–H and O–H groups in total. The molecule has 0 saturated heterocycles. The second kappa shape index (κ2) is 12.2. The lowest BCUT2D eigenvalue weighted by molar-refractivity contribution is -0.142. The molecule has 2 amide bonds. The molecule has 0 aliphatic heterocycles.